The molecule has 0 heterocycles. The molecule has 0 aromatic heterocycles. The SMILES string of the molecule is CC(=O)O.CC(=O)O.CC(=O)O.O=S(=O)([O-])O.[Na+]. The second kappa shape index (κ2) is 18.6. The van der Waals surface area contributed by atoms with E-state index in [0.717, 1.165) is 20.8 Å². The molecule has 104 valence electrons. The van der Waals surface area contributed by atoms with Gasteiger partial charge >= 0.3 is 29.6 Å². The van der Waals surface area contributed by atoms with Gasteiger partial charge in [0.1, 0.15) is 0 Å². The van der Waals surface area contributed by atoms with E-state index >= 15 is 0 Å². The summed E-state index contributed by atoms with van der Waals surface area (Å²) in [4.78, 5) is 27.0. The van der Waals surface area contributed by atoms with E-state index in [2.05, 4.69) is 0 Å². The quantitative estimate of drug-likeness (QED) is 0.196. The normalized spacial score (nSPS) is 7.39. The average Bonchev–Trinajstić information content (AvgIpc) is 1.73. The summed E-state index contributed by atoms with van der Waals surface area (Å²) in [6.45, 7) is 3.25. The number of aliphatic carboxylic acids is 3. The third kappa shape index (κ3) is 6010. The molecule has 0 saturated heterocycles. The first-order valence-electron chi connectivity index (χ1n) is 3.47. The number of rotatable bonds is 0. The van der Waals surface area contributed by atoms with Crippen LogP contribution in [0.3, 0.4) is 0 Å². The molecule has 0 aliphatic rings. The van der Waals surface area contributed by atoms with Gasteiger partial charge in [-0.05, 0) is 0 Å². The van der Waals surface area contributed by atoms with Crippen molar-refractivity contribution >= 4 is 28.3 Å². The van der Waals surface area contributed by atoms with Gasteiger partial charge in [-0.1, -0.05) is 0 Å². The predicted molar refractivity (Wildman–Crippen MR) is 52.3 cm³/mol. The minimum atomic E-state index is -4.92. The van der Waals surface area contributed by atoms with Crippen LogP contribution < -0.4 is 29.6 Å². The molecule has 0 radical (unpaired) electrons. The second-order valence-corrected chi connectivity index (χ2v) is 2.84. The van der Waals surface area contributed by atoms with E-state index < -0.39 is 28.3 Å². The predicted octanol–water partition coefficient (Wildman–Crippen LogP) is -3.72. The summed E-state index contributed by atoms with van der Waals surface area (Å²) in [6, 6.07) is 0. The molecule has 0 spiro atoms. The molecule has 0 aliphatic heterocycles. The van der Waals surface area contributed by atoms with Gasteiger partial charge in [0.2, 0.25) is 10.4 Å². The van der Waals surface area contributed by atoms with Crippen molar-refractivity contribution < 1.29 is 76.8 Å². The van der Waals surface area contributed by atoms with Gasteiger partial charge in [0, 0.05) is 20.8 Å². The molecule has 0 saturated carbocycles. The number of carboxylic acids is 3. The molecule has 0 aromatic rings. The molecule has 0 fully saturated rings. The first-order chi connectivity index (χ1) is 7.20. The van der Waals surface area contributed by atoms with Crippen molar-refractivity contribution in [2.24, 2.45) is 0 Å². The zero-order chi connectivity index (χ0) is 15.2. The molecule has 0 atom stereocenters. The molecular formula is C6H13NaO10S. The topological polar surface area (TPSA) is 189 Å². The molecule has 12 heteroatoms. The molecule has 0 unspecified atom stereocenters. The molecular weight excluding hydrogens is 287 g/mol. The Balaban J connectivity index is -0.0000000412. The number of hydrogen-bond donors (Lipinski definition) is 4. The summed E-state index contributed by atoms with van der Waals surface area (Å²) in [6.07, 6.45) is 0. The van der Waals surface area contributed by atoms with Crippen molar-refractivity contribution in [2.75, 3.05) is 0 Å². The Labute approximate surface area is 125 Å². The fourth-order valence-corrected chi connectivity index (χ4v) is 0. The van der Waals surface area contributed by atoms with Gasteiger partial charge in [0.15, 0.2) is 0 Å². The monoisotopic (exact) mass is 300 g/mol. The van der Waals surface area contributed by atoms with E-state index in [0.29, 0.717) is 0 Å². The standard InChI is InChI=1S/3C2H4O2.Na.H2O4S/c3*1-2(3)4;;1-5(2,3)4/h3*1H3,(H,3,4);;(H2,1,2,3,4)/q;;;+1;/p-1. The summed E-state index contributed by atoms with van der Waals surface area (Å²) >= 11 is 0. The van der Waals surface area contributed by atoms with Crippen molar-refractivity contribution in [2.45, 2.75) is 20.8 Å². The van der Waals surface area contributed by atoms with Crippen molar-refractivity contribution in [3.05, 3.63) is 0 Å². The van der Waals surface area contributed by atoms with Crippen LogP contribution in [0.2, 0.25) is 0 Å². The number of carbonyl (C=O) groups is 3. The summed E-state index contributed by atoms with van der Waals surface area (Å²) in [5.41, 5.74) is 0. The minimum absolute atomic E-state index is 0. The summed E-state index contributed by atoms with van der Waals surface area (Å²) in [5.74, 6) is -2.50. The van der Waals surface area contributed by atoms with Crippen LogP contribution in [0.15, 0.2) is 0 Å². The Morgan fingerprint density at radius 3 is 0.833 bits per heavy atom. The molecule has 0 aromatic carbocycles. The van der Waals surface area contributed by atoms with Crippen LogP contribution in [0.4, 0.5) is 0 Å². The minimum Gasteiger partial charge on any atom is -0.726 e. The zero-order valence-electron chi connectivity index (χ0n) is 10.1. The molecule has 0 amide bonds. The van der Waals surface area contributed by atoms with E-state index in [-0.39, 0.29) is 29.6 Å². The van der Waals surface area contributed by atoms with Crippen LogP contribution in [-0.2, 0) is 24.8 Å². The van der Waals surface area contributed by atoms with Gasteiger partial charge < -0.3 is 19.9 Å². The van der Waals surface area contributed by atoms with Gasteiger partial charge in [-0.25, -0.2) is 8.42 Å². The Morgan fingerprint density at radius 2 is 0.833 bits per heavy atom. The Bertz CT molecular complexity index is 273. The Hall–Kier alpha value is -0.720. The average molecular weight is 300 g/mol. The first kappa shape index (κ1) is 30.4. The fourth-order valence-electron chi connectivity index (χ4n) is 0. The van der Waals surface area contributed by atoms with E-state index in [1.807, 2.05) is 0 Å². The van der Waals surface area contributed by atoms with Gasteiger partial charge in [-0.3, -0.25) is 18.9 Å². The maximum atomic E-state index is 9.00. The van der Waals surface area contributed by atoms with Gasteiger partial charge in [0.05, 0.1) is 0 Å². The van der Waals surface area contributed by atoms with Gasteiger partial charge in [-0.15, -0.1) is 0 Å². The Morgan fingerprint density at radius 1 is 0.833 bits per heavy atom. The third-order valence-electron chi connectivity index (χ3n) is 0. The fraction of sp³-hybridized carbons (Fsp3) is 0.500. The van der Waals surface area contributed by atoms with Crippen molar-refractivity contribution in [1.82, 2.24) is 0 Å². The molecule has 4 N–H and O–H groups in total. The summed E-state index contributed by atoms with van der Waals surface area (Å²) in [7, 11) is -4.92. The largest absolute Gasteiger partial charge is 1.00 e. The molecule has 0 aliphatic carbocycles. The van der Waals surface area contributed by atoms with Crippen LogP contribution in [0.5, 0.6) is 0 Å². The van der Waals surface area contributed by atoms with E-state index in [1.54, 1.807) is 0 Å². The van der Waals surface area contributed by atoms with Crippen LogP contribution in [0.25, 0.3) is 0 Å². The van der Waals surface area contributed by atoms with E-state index in [1.165, 1.54) is 0 Å². The van der Waals surface area contributed by atoms with Crippen molar-refractivity contribution in [3.63, 3.8) is 0 Å². The maximum Gasteiger partial charge on any atom is 1.00 e. The van der Waals surface area contributed by atoms with Gasteiger partial charge in [0.25, 0.3) is 17.9 Å². The van der Waals surface area contributed by atoms with Crippen LogP contribution in [0, 0.1) is 0 Å². The maximum absolute atomic E-state index is 9.00. The smallest absolute Gasteiger partial charge is 0.726 e. The molecule has 10 nitrogen and oxygen atoms in total. The number of carboxylic acid groups (broad SMARTS) is 3. The van der Waals surface area contributed by atoms with Crippen molar-refractivity contribution in [3.8, 4) is 0 Å². The van der Waals surface area contributed by atoms with Gasteiger partial charge in [-0.2, -0.15) is 0 Å². The third-order valence-corrected chi connectivity index (χ3v) is 0. The number of hydrogen-bond acceptors (Lipinski definition) is 6. The molecule has 0 rings (SSSR count). The second-order valence-electron chi connectivity index (χ2n) is 1.98. The zero-order valence-corrected chi connectivity index (χ0v) is 13.0. The van der Waals surface area contributed by atoms with E-state index in [9.17, 15) is 0 Å². The molecule has 18 heavy (non-hydrogen) atoms. The van der Waals surface area contributed by atoms with E-state index in [4.69, 9.17) is 47.2 Å². The van der Waals surface area contributed by atoms with Crippen LogP contribution in [0.1, 0.15) is 20.8 Å². The van der Waals surface area contributed by atoms with Crippen LogP contribution >= 0.6 is 0 Å². The van der Waals surface area contributed by atoms with Crippen molar-refractivity contribution in [1.29, 1.82) is 0 Å². The Kier molecular flexibility index (Phi) is 31.5. The molecule has 0 bridgehead atoms. The first-order valence-corrected chi connectivity index (χ1v) is 4.83. The summed E-state index contributed by atoms with van der Waals surface area (Å²) < 4.78 is 32.8. The summed E-state index contributed by atoms with van der Waals surface area (Å²) in [5, 5.41) is 22.2. The van der Waals surface area contributed by atoms with Crippen LogP contribution in [-0.4, -0.2) is 50.8 Å².